The van der Waals surface area contributed by atoms with Crippen LogP contribution in [0.2, 0.25) is 5.02 Å². The molecule has 0 aliphatic carbocycles. The highest BCUT2D eigenvalue weighted by Crippen LogP contribution is 2.16. The Balaban J connectivity index is 2.70. The molecule has 0 unspecified atom stereocenters. The second kappa shape index (κ2) is 6.42. The van der Waals surface area contributed by atoms with E-state index in [9.17, 15) is 4.39 Å². The van der Waals surface area contributed by atoms with Crippen molar-refractivity contribution >= 4 is 17.4 Å². The molecule has 6 heteroatoms. The van der Waals surface area contributed by atoms with Gasteiger partial charge in [-0.05, 0) is 24.2 Å². The molecule has 0 amide bonds. The second-order valence-electron chi connectivity index (χ2n) is 3.64. The maximum Gasteiger partial charge on any atom is 0.153 e. The first-order chi connectivity index (χ1) is 8.06. The molecule has 0 radical (unpaired) electrons. The first-order valence-corrected chi connectivity index (χ1v) is 5.57. The monoisotopic (exact) mass is 259 g/mol. The minimum atomic E-state index is -0.441. The molecule has 0 aromatic heterocycles. The Hall–Kier alpha value is -1.33. The van der Waals surface area contributed by atoms with Gasteiger partial charge in [0.15, 0.2) is 5.84 Å². The highest BCUT2D eigenvalue weighted by molar-refractivity contribution is 6.30. The molecule has 0 fully saturated rings. The van der Waals surface area contributed by atoms with Crippen LogP contribution in [0.3, 0.4) is 0 Å². The number of oxime groups is 1. The Bertz CT molecular complexity index is 412. The second-order valence-corrected chi connectivity index (χ2v) is 4.05. The summed E-state index contributed by atoms with van der Waals surface area (Å²) in [4.78, 5) is 1.91. The number of halogens is 2. The molecule has 0 spiro atoms. The molecule has 0 bridgehead atoms. The molecule has 1 aromatic rings. The molecule has 94 valence electrons. The van der Waals surface area contributed by atoms with Crippen LogP contribution in [-0.4, -0.2) is 29.0 Å². The van der Waals surface area contributed by atoms with E-state index in [1.807, 2.05) is 11.8 Å². The number of benzene rings is 1. The first kappa shape index (κ1) is 13.7. The van der Waals surface area contributed by atoms with Crippen molar-refractivity contribution < 1.29 is 9.60 Å². The smallest absolute Gasteiger partial charge is 0.153 e. The van der Waals surface area contributed by atoms with Crippen molar-refractivity contribution in [2.75, 3.05) is 13.1 Å². The summed E-state index contributed by atoms with van der Waals surface area (Å²) >= 11 is 5.60. The summed E-state index contributed by atoms with van der Waals surface area (Å²) in [6, 6.07) is 4.65. The highest BCUT2D eigenvalue weighted by Gasteiger charge is 2.08. The lowest BCUT2D eigenvalue weighted by Crippen LogP contribution is -2.33. The Morgan fingerprint density at radius 3 is 2.82 bits per heavy atom. The van der Waals surface area contributed by atoms with Gasteiger partial charge in [-0.15, -0.1) is 0 Å². The van der Waals surface area contributed by atoms with Crippen molar-refractivity contribution in [3.63, 3.8) is 0 Å². The SMILES string of the molecule is CCN(C/C(N)=N/O)Cc1ccc(Cl)c(F)c1. The molecule has 4 nitrogen and oxygen atoms in total. The summed E-state index contributed by atoms with van der Waals surface area (Å²) in [5.74, 6) is -0.315. The van der Waals surface area contributed by atoms with Crippen LogP contribution in [0.15, 0.2) is 23.4 Å². The lowest BCUT2D eigenvalue weighted by atomic mass is 10.2. The highest BCUT2D eigenvalue weighted by atomic mass is 35.5. The standard InChI is InChI=1S/C11H15ClFN3O/c1-2-16(7-11(14)15-17)6-8-3-4-9(12)10(13)5-8/h3-5,17H,2,6-7H2,1H3,(H2,14,15). The average molecular weight is 260 g/mol. The van der Waals surface area contributed by atoms with Gasteiger partial charge in [-0.3, -0.25) is 4.90 Å². The number of likely N-dealkylation sites (N-methyl/N-ethyl adjacent to an activating group) is 1. The Morgan fingerprint density at radius 1 is 1.59 bits per heavy atom. The van der Waals surface area contributed by atoms with Crippen LogP contribution in [0.1, 0.15) is 12.5 Å². The minimum Gasteiger partial charge on any atom is -0.409 e. The lowest BCUT2D eigenvalue weighted by molar-refractivity contribution is 0.294. The summed E-state index contributed by atoms with van der Waals surface area (Å²) in [5, 5.41) is 11.5. The normalized spacial score (nSPS) is 12.1. The van der Waals surface area contributed by atoms with E-state index < -0.39 is 5.82 Å². The summed E-state index contributed by atoms with van der Waals surface area (Å²) in [7, 11) is 0. The van der Waals surface area contributed by atoms with Gasteiger partial charge in [0.05, 0.1) is 11.6 Å². The predicted octanol–water partition coefficient (Wildman–Crippen LogP) is 2.05. The molecule has 0 atom stereocenters. The first-order valence-electron chi connectivity index (χ1n) is 5.19. The van der Waals surface area contributed by atoms with Crippen LogP contribution < -0.4 is 5.73 Å². The summed E-state index contributed by atoms with van der Waals surface area (Å²) in [6.45, 7) is 3.50. The molecule has 0 saturated heterocycles. The molecular weight excluding hydrogens is 245 g/mol. The van der Waals surface area contributed by atoms with Crippen molar-refractivity contribution in [1.82, 2.24) is 4.90 Å². The minimum absolute atomic E-state index is 0.105. The van der Waals surface area contributed by atoms with Gasteiger partial charge < -0.3 is 10.9 Å². The van der Waals surface area contributed by atoms with Crippen molar-refractivity contribution in [2.45, 2.75) is 13.5 Å². The van der Waals surface area contributed by atoms with Crippen molar-refractivity contribution in [1.29, 1.82) is 0 Å². The van der Waals surface area contributed by atoms with Crippen LogP contribution in [0.4, 0.5) is 4.39 Å². The molecule has 1 rings (SSSR count). The van der Waals surface area contributed by atoms with E-state index in [4.69, 9.17) is 22.5 Å². The van der Waals surface area contributed by atoms with Gasteiger partial charge in [0.2, 0.25) is 0 Å². The van der Waals surface area contributed by atoms with Gasteiger partial charge in [-0.1, -0.05) is 29.7 Å². The van der Waals surface area contributed by atoms with E-state index in [-0.39, 0.29) is 10.9 Å². The number of hydrogen-bond acceptors (Lipinski definition) is 3. The van der Waals surface area contributed by atoms with Gasteiger partial charge in [0, 0.05) is 6.54 Å². The Morgan fingerprint density at radius 2 is 2.29 bits per heavy atom. The van der Waals surface area contributed by atoms with Crippen LogP contribution >= 0.6 is 11.6 Å². The lowest BCUT2D eigenvalue weighted by Gasteiger charge is -2.19. The number of amidine groups is 1. The van der Waals surface area contributed by atoms with Crippen molar-refractivity contribution in [2.24, 2.45) is 10.9 Å². The van der Waals surface area contributed by atoms with Gasteiger partial charge in [-0.2, -0.15) is 0 Å². The van der Waals surface area contributed by atoms with Crippen LogP contribution in [-0.2, 0) is 6.54 Å². The van der Waals surface area contributed by atoms with Crippen LogP contribution in [0.5, 0.6) is 0 Å². The molecular formula is C11H15ClFN3O. The van der Waals surface area contributed by atoms with E-state index in [1.54, 1.807) is 6.07 Å². The van der Waals surface area contributed by atoms with Gasteiger partial charge in [-0.25, -0.2) is 4.39 Å². The predicted molar refractivity (Wildman–Crippen MR) is 65.8 cm³/mol. The van der Waals surface area contributed by atoms with Crippen LogP contribution in [0, 0.1) is 5.82 Å². The summed E-state index contributed by atoms with van der Waals surface area (Å²) in [5.41, 5.74) is 6.21. The van der Waals surface area contributed by atoms with Crippen molar-refractivity contribution in [3.05, 3.63) is 34.6 Å². The molecule has 0 heterocycles. The number of hydrogen-bond donors (Lipinski definition) is 2. The molecule has 0 saturated carbocycles. The average Bonchev–Trinajstić information content (AvgIpc) is 2.32. The van der Waals surface area contributed by atoms with E-state index in [0.717, 1.165) is 5.56 Å². The maximum atomic E-state index is 13.2. The van der Waals surface area contributed by atoms with Gasteiger partial charge >= 0.3 is 0 Å². The zero-order chi connectivity index (χ0) is 12.8. The van der Waals surface area contributed by atoms with E-state index in [1.165, 1.54) is 12.1 Å². The topological polar surface area (TPSA) is 61.8 Å². The third kappa shape index (κ3) is 4.20. The number of rotatable bonds is 5. The fourth-order valence-electron chi connectivity index (χ4n) is 1.44. The third-order valence-corrected chi connectivity index (χ3v) is 2.66. The van der Waals surface area contributed by atoms with E-state index in [2.05, 4.69) is 5.16 Å². The fraction of sp³-hybridized carbons (Fsp3) is 0.364. The third-order valence-electron chi connectivity index (χ3n) is 2.35. The van der Waals surface area contributed by atoms with Crippen molar-refractivity contribution in [3.8, 4) is 0 Å². The zero-order valence-corrected chi connectivity index (χ0v) is 10.3. The summed E-state index contributed by atoms with van der Waals surface area (Å²) in [6.07, 6.45) is 0. The van der Waals surface area contributed by atoms with Crippen LogP contribution in [0.25, 0.3) is 0 Å². The Kier molecular flexibility index (Phi) is 5.18. The number of nitrogens with zero attached hydrogens (tertiary/aromatic N) is 2. The zero-order valence-electron chi connectivity index (χ0n) is 9.53. The quantitative estimate of drug-likeness (QED) is 0.368. The number of nitrogens with two attached hydrogens (primary N) is 1. The molecule has 0 aliphatic rings. The Labute approximate surface area is 104 Å². The van der Waals surface area contributed by atoms with E-state index >= 15 is 0 Å². The summed E-state index contributed by atoms with van der Waals surface area (Å²) < 4.78 is 13.2. The molecule has 3 N–H and O–H groups in total. The molecule has 17 heavy (non-hydrogen) atoms. The molecule has 0 aliphatic heterocycles. The van der Waals surface area contributed by atoms with Gasteiger partial charge in [0.1, 0.15) is 5.82 Å². The maximum absolute atomic E-state index is 13.2. The molecule has 1 aromatic carbocycles. The largest absolute Gasteiger partial charge is 0.409 e. The fourth-order valence-corrected chi connectivity index (χ4v) is 1.55. The van der Waals surface area contributed by atoms with Gasteiger partial charge in [0.25, 0.3) is 0 Å². The van der Waals surface area contributed by atoms with E-state index in [0.29, 0.717) is 19.6 Å².